The van der Waals surface area contributed by atoms with E-state index in [4.69, 9.17) is 10.00 Å². The van der Waals surface area contributed by atoms with E-state index in [1.54, 1.807) is 31.2 Å². The summed E-state index contributed by atoms with van der Waals surface area (Å²) in [6.07, 6.45) is 1.15. The smallest absolute Gasteiger partial charge is 0.305 e. The third-order valence-electron chi connectivity index (χ3n) is 2.63. The van der Waals surface area contributed by atoms with Crippen LogP contribution in [-0.2, 0) is 20.7 Å². The van der Waals surface area contributed by atoms with E-state index in [-0.39, 0.29) is 18.3 Å². The topological polar surface area (TPSA) is 79.2 Å². The molecule has 0 fully saturated rings. The van der Waals surface area contributed by atoms with Gasteiger partial charge < -0.3 is 10.1 Å². The molecule has 0 atom stereocenters. The maximum atomic E-state index is 11.6. The summed E-state index contributed by atoms with van der Waals surface area (Å²) in [5, 5.41) is 11.4. The van der Waals surface area contributed by atoms with Crippen molar-refractivity contribution < 1.29 is 14.3 Å². The van der Waals surface area contributed by atoms with Crippen LogP contribution in [0.15, 0.2) is 24.3 Å². The van der Waals surface area contributed by atoms with Gasteiger partial charge in [-0.25, -0.2) is 0 Å². The second-order valence-electron chi connectivity index (χ2n) is 4.24. The van der Waals surface area contributed by atoms with Crippen molar-refractivity contribution in [2.75, 3.05) is 13.2 Å². The molecule has 0 spiro atoms. The average molecular weight is 274 g/mol. The first-order chi connectivity index (χ1) is 9.65. The van der Waals surface area contributed by atoms with Gasteiger partial charge in [-0.05, 0) is 31.0 Å². The van der Waals surface area contributed by atoms with Crippen molar-refractivity contribution in [1.29, 1.82) is 5.26 Å². The molecule has 0 radical (unpaired) electrons. The van der Waals surface area contributed by atoms with Crippen LogP contribution in [0.1, 0.15) is 30.9 Å². The van der Waals surface area contributed by atoms with Gasteiger partial charge in [0.15, 0.2) is 0 Å². The van der Waals surface area contributed by atoms with Crippen molar-refractivity contribution in [2.24, 2.45) is 0 Å². The predicted molar refractivity (Wildman–Crippen MR) is 73.7 cm³/mol. The molecule has 20 heavy (non-hydrogen) atoms. The molecule has 0 aliphatic carbocycles. The number of nitriles is 1. The summed E-state index contributed by atoms with van der Waals surface area (Å²) in [6, 6.07) is 8.92. The van der Waals surface area contributed by atoms with Crippen LogP contribution in [0, 0.1) is 11.3 Å². The van der Waals surface area contributed by atoms with Crippen molar-refractivity contribution in [3.05, 3.63) is 35.4 Å². The Hall–Kier alpha value is -2.35. The summed E-state index contributed by atoms with van der Waals surface area (Å²) >= 11 is 0. The fourth-order valence-corrected chi connectivity index (χ4v) is 1.64. The van der Waals surface area contributed by atoms with Gasteiger partial charge in [-0.3, -0.25) is 9.59 Å². The Kier molecular flexibility index (Phi) is 6.83. The maximum absolute atomic E-state index is 11.6. The van der Waals surface area contributed by atoms with E-state index in [0.29, 0.717) is 31.6 Å². The van der Waals surface area contributed by atoms with Crippen molar-refractivity contribution >= 4 is 11.9 Å². The van der Waals surface area contributed by atoms with Crippen molar-refractivity contribution in [3.8, 4) is 6.07 Å². The van der Waals surface area contributed by atoms with Gasteiger partial charge in [-0.15, -0.1) is 0 Å². The lowest BCUT2D eigenvalue weighted by Crippen LogP contribution is -2.26. The largest absolute Gasteiger partial charge is 0.466 e. The van der Waals surface area contributed by atoms with E-state index in [1.807, 2.05) is 6.07 Å². The normalized spacial score (nSPS) is 9.60. The molecule has 5 heteroatoms. The number of esters is 1. The molecule has 5 nitrogen and oxygen atoms in total. The number of carbonyl (C=O) groups excluding carboxylic acids is 2. The lowest BCUT2D eigenvalue weighted by molar-refractivity contribution is -0.143. The molecule has 1 N–H and O–H groups in total. The molecular weight excluding hydrogens is 256 g/mol. The number of nitrogens with one attached hydrogen (secondary N) is 1. The highest BCUT2D eigenvalue weighted by atomic mass is 16.5. The molecule has 1 amide bonds. The standard InChI is InChI=1S/C15H18N2O3/c1-2-20-15(19)4-3-9-17-14(18)10-12-5-7-13(11-16)8-6-12/h5-8H,2-4,9-10H2,1H3,(H,17,18). The number of nitrogens with zero attached hydrogens (tertiary/aromatic N) is 1. The van der Waals surface area contributed by atoms with E-state index >= 15 is 0 Å². The average Bonchev–Trinajstić information content (AvgIpc) is 2.45. The van der Waals surface area contributed by atoms with E-state index < -0.39 is 0 Å². The van der Waals surface area contributed by atoms with Crippen LogP contribution < -0.4 is 5.32 Å². The summed E-state index contributed by atoms with van der Waals surface area (Å²) in [5.74, 6) is -0.340. The van der Waals surface area contributed by atoms with E-state index in [0.717, 1.165) is 5.56 Å². The molecule has 0 aliphatic heterocycles. The molecule has 0 saturated carbocycles. The molecule has 0 heterocycles. The molecule has 0 bridgehead atoms. The monoisotopic (exact) mass is 274 g/mol. The molecule has 1 rings (SSSR count). The Morgan fingerprint density at radius 1 is 1.30 bits per heavy atom. The highest BCUT2D eigenvalue weighted by molar-refractivity contribution is 5.78. The van der Waals surface area contributed by atoms with Gasteiger partial charge in [0.25, 0.3) is 0 Å². The number of amides is 1. The molecule has 0 unspecified atom stereocenters. The zero-order valence-corrected chi connectivity index (χ0v) is 11.5. The Labute approximate surface area is 118 Å². The molecule has 0 aliphatic rings. The van der Waals surface area contributed by atoms with Gasteiger partial charge in [0, 0.05) is 13.0 Å². The third-order valence-corrected chi connectivity index (χ3v) is 2.63. The third kappa shape index (κ3) is 6.01. The van der Waals surface area contributed by atoms with Gasteiger partial charge in [-0.1, -0.05) is 12.1 Å². The van der Waals surface area contributed by atoms with E-state index in [1.165, 1.54) is 0 Å². The lowest BCUT2D eigenvalue weighted by atomic mass is 10.1. The highest BCUT2D eigenvalue weighted by Gasteiger charge is 2.05. The Balaban J connectivity index is 2.23. The van der Waals surface area contributed by atoms with Gasteiger partial charge >= 0.3 is 5.97 Å². The van der Waals surface area contributed by atoms with Crippen LogP contribution in [0.25, 0.3) is 0 Å². The fraction of sp³-hybridized carbons (Fsp3) is 0.400. The predicted octanol–water partition coefficient (Wildman–Crippen LogP) is 1.56. The summed E-state index contributed by atoms with van der Waals surface area (Å²) in [7, 11) is 0. The first-order valence-corrected chi connectivity index (χ1v) is 6.57. The summed E-state index contributed by atoms with van der Waals surface area (Å²) in [4.78, 5) is 22.7. The first-order valence-electron chi connectivity index (χ1n) is 6.57. The van der Waals surface area contributed by atoms with Gasteiger partial charge in [-0.2, -0.15) is 5.26 Å². The number of hydrogen-bond acceptors (Lipinski definition) is 4. The second-order valence-corrected chi connectivity index (χ2v) is 4.24. The summed E-state index contributed by atoms with van der Waals surface area (Å²) < 4.78 is 4.79. The minimum Gasteiger partial charge on any atom is -0.466 e. The number of ether oxygens (including phenoxy) is 1. The quantitative estimate of drug-likeness (QED) is 0.604. The Morgan fingerprint density at radius 3 is 2.60 bits per heavy atom. The zero-order chi connectivity index (χ0) is 14.8. The lowest BCUT2D eigenvalue weighted by Gasteiger charge is -2.05. The molecule has 0 aromatic heterocycles. The van der Waals surface area contributed by atoms with Crippen LogP contribution in [0.2, 0.25) is 0 Å². The number of hydrogen-bond donors (Lipinski definition) is 1. The minimum atomic E-state index is -0.242. The Bertz CT molecular complexity index is 489. The summed E-state index contributed by atoms with van der Waals surface area (Å²) in [5.41, 5.74) is 1.43. The van der Waals surface area contributed by atoms with Crippen LogP contribution in [0.3, 0.4) is 0 Å². The highest BCUT2D eigenvalue weighted by Crippen LogP contribution is 2.04. The first kappa shape index (κ1) is 15.7. The van der Waals surface area contributed by atoms with E-state index in [2.05, 4.69) is 5.32 Å². The van der Waals surface area contributed by atoms with Crippen LogP contribution in [0.5, 0.6) is 0 Å². The minimum absolute atomic E-state index is 0.0985. The molecule has 0 saturated heterocycles. The summed E-state index contributed by atoms with van der Waals surface area (Å²) in [6.45, 7) is 2.59. The van der Waals surface area contributed by atoms with Crippen molar-refractivity contribution in [3.63, 3.8) is 0 Å². The van der Waals surface area contributed by atoms with Gasteiger partial charge in [0.2, 0.25) is 5.91 Å². The Morgan fingerprint density at radius 2 is 2.00 bits per heavy atom. The molecule has 106 valence electrons. The SMILES string of the molecule is CCOC(=O)CCCNC(=O)Cc1ccc(C#N)cc1. The van der Waals surface area contributed by atoms with Gasteiger partial charge in [0.05, 0.1) is 24.7 Å². The maximum Gasteiger partial charge on any atom is 0.305 e. The van der Waals surface area contributed by atoms with Crippen LogP contribution in [-0.4, -0.2) is 25.0 Å². The van der Waals surface area contributed by atoms with Gasteiger partial charge in [0.1, 0.15) is 0 Å². The molecular formula is C15H18N2O3. The number of benzene rings is 1. The van der Waals surface area contributed by atoms with Crippen LogP contribution >= 0.6 is 0 Å². The van der Waals surface area contributed by atoms with Crippen molar-refractivity contribution in [1.82, 2.24) is 5.32 Å². The van der Waals surface area contributed by atoms with E-state index in [9.17, 15) is 9.59 Å². The molecule has 1 aromatic rings. The van der Waals surface area contributed by atoms with Crippen LogP contribution in [0.4, 0.5) is 0 Å². The number of carbonyl (C=O) groups is 2. The zero-order valence-electron chi connectivity index (χ0n) is 11.5. The second kappa shape index (κ2) is 8.70. The van der Waals surface area contributed by atoms with Crippen molar-refractivity contribution in [2.45, 2.75) is 26.2 Å². The molecule has 1 aromatic carbocycles. The number of rotatable bonds is 7. The fourth-order valence-electron chi connectivity index (χ4n) is 1.64.